The minimum Gasteiger partial charge on any atom is -0.506 e. The van der Waals surface area contributed by atoms with Crippen LogP contribution in [0.15, 0.2) is 70.9 Å². The van der Waals surface area contributed by atoms with Crippen LogP contribution in [0.3, 0.4) is 0 Å². The minimum absolute atomic E-state index is 0.0575. The topological polar surface area (TPSA) is 88.1 Å². The highest BCUT2D eigenvalue weighted by atomic mass is 16.6. The maximum atomic E-state index is 10.8. The zero-order valence-corrected chi connectivity index (χ0v) is 11.4. The van der Waals surface area contributed by atoms with E-state index in [0.717, 1.165) is 10.8 Å². The molecular weight excluding hydrogens is 282 g/mol. The van der Waals surface area contributed by atoms with Crippen LogP contribution in [0.5, 0.6) is 5.75 Å². The molecule has 3 rings (SSSR count). The Labute approximate surface area is 125 Å². The molecule has 0 atom stereocenters. The number of nitro groups is 1. The Morgan fingerprint density at radius 1 is 0.909 bits per heavy atom. The van der Waals surface area contributed by atoms with Crippen LogP contribution < -0.4 is 0 Å². The van der Waals surface area contributed by atoms with E-state index < -0.39 is 4.92 Å². The van der Waals surface area contributed by atoms with E-state index in [-0.39, 0.29) is 17.1 Å². The second-order valence-corrected chi connectivity index (χ2v) is 4.63. The van der Waals surface area contributed by atoms with Crippen LogP contribution in [0, 0.1) is 10.1 Å². The maximum absolute atomic E-state index is 10.8. The number of fused-ring (bicyclic) bond motifs is 1. The summed E-state index contributed by atoms with van der Waals surface area (Å²) in [4.78, 5) is 10.2. The molecule has 0 heterocycles. The molecular formula is C16H11N3O3. The van der Waals surface area contributed by atoms with Gasteiger partial charge in [0.15, 0.2) is 0 Å². The Balaban J connectivity index is 2.03. The molecule has 6 nitrogen and oxygen atoms in total. The quantitative estimate of drug-likeness (QED) is 0.424. The second kappa shape index (κ2) is 5.61. The van der Waals surface area contributed by atoms with Crippen molar-refractivity contribution >= 4 is 27.8 Å². The summed E-state index contributed by atoms with van der Waals surface area (Å²) in [6.07, 6.45) is 0. The molecule has 0 aliphatic heterocycles. The first kappa shape index (κ1) is 13.7. The Morgan fingerprint density at radius 2 is 1.64 bits per heavy atom. The predicted octanol–water partition coefficient (Wildman–Crippen LogP) is 4.87. The lowest BCUT2D eigenvalue weighted by Crippen LogP contribution is -1.86. The van der Waals surface area contributed by atoms with Crippen molar-refractivity contribution in [3.8, 4) is 5.75 Å². The van der Waals surface area contributed by atoms with E-state index in [1.54, 1.807) is 6.07 Å². The minimum atomic E-state index is -0.545. The summed E-state index contributed by atoms with van der Waals surface area (Å²) in [5, 5.41) is 30.5. The molecule has 1 N–H and O–H groups in total. The van der Waals surface area contributed by atoms with E-state index in [0.29, 0.717) is 5.69 Å². The van der Waals surface area contributed by atoms with Crippen molar-refractivity contribution in [3.05, 3.63) is 70.8 Å². The summed E-state index contributed by atoms with van der Waals surface area (Å²) in [7, 11) is 0. The highest BCUT2D eigenvalue weighted by Crippen LogP contribution is 2.33. The van der Waals surface area contributed by atoms with Gasteiger partial charge in [-0.3, -0.25) is 10.1 Å². The lowest BCUT2D eigenvalue weighted by Gasteiger charge is -2.01. The molecule has 6 heteroatoms. The molecule has 0 amide bonds. The molecule has 3 aromatic rings. The van der Waals surface area contributed by atoms with Gasteiger partial charge in [0.2, 0.25) is 0 Å². The van der Waals surface area contributed by atoms with Gasteiger partial charge in [-0.1, -0.05) is 36.4 Å². The van der Waals surface area contributed by atoms with Gasteiger partial charge in [0.05, 0.1) is 10.6 Å². The maximum Gasteiger partial charge on any atom is 0.271 e. The van der Waals surface area contributed by atoms with Crippen molar-refractivity contribution in [1.29, 1.82) is 0 Å². The summed E-state index contributed by atoms with van der Waals surface area (Å²) in [6, 6.07) is 16.9. The number of phenols is 1. The second-order valence-electron chi connectivity index (χ2n) is 4.63. The van der Waals surface area contributed by atoms with E-state index >= 15 is 0 Å². The van der Waals surface area contributed by atoms with E-state index in [4.69, 9.17) is 0 Å². The van der Waals surface area contributed by atoms with Crippen molar-refractivity contribution in [2.75, 3.05) is 0 Å². The molecule has 0 saturated carbocycles. The molecule has 22 heavy (non-hydrogen) atoms. The SMILES string of the molecule is O=[N+]([O-])c1ccc(O)c(N=Nc2cccc3ccccc23)c1. The van der Waals surface area contributed by atoms with E-state index in [2.05, 4.69) is 10.2 Å². The Morgan fingerprint density at radius 3 is 2.45 bits per heavy atom. The monoisotopic (exact) mass is 293 g/mol. The number of phenolic OH excluding ortho intramolecular Hbond substituents is 1. The fourth-order valence-corrected chi connectivity index (χ4v) is 2.11. The molecule has 0 aliphatic carbocycles. The summed E-state index contributed by atoms with van der Waals surface area (Å²) < 4.78 is 0. The zero-order chi connectivity index (χ0) is 15.5. The fraction of sp³-hybridized carbons (Fsp3) is 0. The first-order valence-electron chi connectivity index (χ1n) is 6.52. The molecule has 0 radical (unpaired) electrons. The molecule has 0 spiro atoms. The first-order valence-corrected chi connectivity index (χ1v) is 6.52. The molecule has 3 aromatic carbocycles. The number of rotatable bonds is 3. The molecule has 0 bridgehead atoms. The summed E-state index contributed by atoms with van der Waals surface area (Å²) in [5.41, 5.74) is 0.538. The number of benzene rings is 3. The highest BCUT2D eigenvalue weighted by molar-refractivity contribution is 5.92. The number of aromatic hydroxyl groups is 1. The number of hydrogen-bond acceptors (Lipinski definition) is 5. The third-order valence-electron chi connectivity index (χ3n) is 3.20. The summed E-state index contributed by atoms with van der Waals surface area (Å²) in [5.74, 6) is -0.158. The van der Waals surface area contributed by atoms with Crippen LogP contribution in [0.1, 0.15) is 0 Å². The van der Waals surface area contributed by atoms with Crippen molar-refractivity contribution in [2.45, 2.75) is 0 Å². The van der Waals surface area contributed by atoms with Crippen LogP contribution in [-0.4, -0.2) is 10.0 Å². The van der Waals surface area contributed by atoms with Crippen LogP contribution >= 0.6 is 0 Å². The Kier molecular flexibility index (Phi) is 3.49. The molecule has 0 saturated heterocycles. The number of non-ortho nitro benzene ring substituents is 1. The lowest BCUT2D eigenvalue weighted by molar-refractivity contribution is -0.384. The molecule has 0 unspecified atom stereocenters. The van der Waals surface area contributed by atoms with Crippen LogP contribution in [-0.2, 0) is 0 Å². The molecule has 0 fully saturated rings. The van der Waals surface area contributed by atoms with Gasteiger partial charge in [-0.05, 0) is 17.5 Å². The fourth-order valence-electron chi connectivity index (χ4n) is 2.11. The van der Waals surface area contributed by atoms with E-state index in [9.17, 15) is 15.2 Å². The van der Waals surface area contributed by atoms with Gasteiger partial charge >= 0.3 is 0 Å². The van der Waals surface area contributed by atoms with Crippen LogP contribution in [0.2, 0.25) is 0 Å². The zero-order valence-electron chi connectivity index (χ0n) is 11.4. The van der Waals surface area contributed by atoms with Gasteiger partial charge in [0.1, 0.15) is 11.4 Å². The van der Waals surface area contributed by atoms with Gasteiger partial charge in [0, 0.05) is 17.5 Å². The average Bonchev–Trinajstić information content (AvgIpc) is 2.54. The van der Waals surface area contributed by atoms with E-state index in [1.807, 2.05) is 36.4 Å². The number of hydrogen-bond donors (Lipinski definition) is 1. The standard InChI is InChI=1S/C16H11N3O3/c20-16-9-8-12(19(21)22)10-15(16)18-17-14-7-3-5-11-4-1-2-6-13(11)14/h1-10,20H. The van der Waals surface area contributed by atoms with Crippen LogP contribution in [0.25, 0.3) is 10.8 Å². The summed E-state index contributed by atoms with van der Waals surface area (Å²) in [6.45, 7) is 0. The largest absolute Gasteiger partial charge is 0.506 e. The van der Waals surface area contributed by atoms with Gasteiger partial charge < -0.3 is 5.11 Å². The van der Waals surface area contributed by atoms with Crippen molar-refractivity contribution in [3.63, 3.8) is 0 Å². The van der Waals surface area contributed by atoms with Crippen LogP contribution in [0.4, 0.5) is 17.1 Å². The van der Waals surface area contributed by atoms with Gasteiger partial charge in [-0.2, -0.15) is 0 Å². The lowest BCUT2D eigenvalue weighted by atomic mass is 10.1. The van der Waals surface area contributed by atoms with Crippen molar-refractivity contribution in [1.82, 2.24) is 0 Å². The van der Waals surface area contributed by atoms with Crippen molar-refractivity contribution in [2.24, 2.45) is 10.2 Å². The predicted molar refractivity (Wildman–Crippen MR) is 82.9 cm³/mol. The highest BCUT2D eigenvalue weighted by Gasteiger charge is 2.10. The number of nitrogens with zero attached hydrogens (tertiary/aromatic N) is 3. The Bertz CT molecular complexity index is 885. The molecule has 108 valence electrons. The molecule has 0 aromatic heterocycles. The summed E-state index contributed by atoms with van der Waals surface area (Å²) >= 11 is 0. The van der Waals surface area contributed by atoms with E-state index in [1.165, 1.54) is 18.2 Å². The third kappa shape index (κ3) is 2.62. The Hall–Kier alpha value is -3.28. The van der Waals surface area contributed by atoms with Crippen molar-refractivity contribution < 1.29 is 10.0 Å². The first-order chi connectivity index (χ1) is 10.6. The number of nitro benzene ring substituents is 1. The molecule has 0 aliphatic rings. The normalized spacial score (nSPS) is 11.1. The van der Waals surface area contributed by atoms with Gasteiger partial charge in [-0.25, -0.2) is 0 Å². The smallest absolute Gasteiger partial charge is 0.271 e. The van der Waals surface area contributed by atoms with Gasteiger partial charge in [-0.15, -0.1) is 10.2 Å². The number of azo groups is 1. The third-order valence-corrected chi connectivity index (χ3v) is 3.20. The average molecular weight is 293 g/mol. The van der Waals surface area contributed by atoms with Gasteiger partial charge in [0.25, 0.3) is 5.69 Å².